The molecule has 1 aliphatic heterocycles. The first kappa shape index (κ1) is 13.5. The molecule has 0 amide bonds. The van der Waals surface area contributed by atoms with E-state index < -0.39 is 0 Å². The quantitative estimate of drug-likeness (QED) is 0.893. The zero-order valence-electron chi connectivity index (χ0n) is 11.3. The molecule has 0 spiro atoms. The Bertz CT molecular complexity index is 405. The van der Waals surface area contributed by atoms with Crippen LogP contribution < -0.4 is 5.73 Å². The Balaban J connectivity index is 2.09. The van der Waals surface area contributed by atoms with Crippen LogP contribution in [0.4, 0.5) is 4.39 Å². The van der Waals surface area contributed by atoms with Crippen LogP contribution >= 0.6 is 0 Å². The predicted octanol–water partition coefficient (Wildman–Crippen LogP) is 2.69. The average Bonchev–Trinajstić information content (AvgIpc) is 2.34. The summed E-state index contributed by atoms with van der Waals surface area (Å²) in [5.41, 5.74) is 7.80. The van der Waals surface area contributed by atoms with E-state index in [4.69, 9.17) is 5.73 Å². The van der Waals surface area contributed by atoms with E-state index >= 15 is 0 Å². The summed E-state index contributed by atoms with van der Waals surface area (Å²) in [6, 6.07) is 5.86. The summed E-state index contributed by atoms with van der Waals surface area (Å²) in [4.78, 5) is 2.45. The molecule has 0 aliphatic carbocycles. The van der Waals surface area contributed by atoms with E-state index in [1.54, 1.807) is 6.07 Å². The molecular formula is C15H23FN2. The number of benzene rings is 1. The third kappa shape index (κ3) is 2.90. The molecule has 0 aromatic heterocycles. The van der Waals surface area contributed by atoms with Gasteiger partial charge in [-0.05, 0) is 49.4 Å². The lowest BCUT2D eigenvalue weighted by Gasteiger charge is -2.39. The number of likely N-dealkylation sites (tertiary alicyclic amines) is 1. The second-order valence-corrected chi connectivity index (χ2v) is 5.48. The fourth-order valence-corrected chi connectivity index (χ4v) is 2.95. The number of nitrogens with two attached hydrogens (primary N) is 1. The average molecular weight is 250 g/mol. The van der Waals surface area contributed by atoms with Crippen molar-refractivity contribution in [2.75, 3.05) is 13.1 Å². The minimum absolute atomic E-state index is 0.124. The maximum absolute atomic E-state index is 13.2. The summed E-state index contributed by atoms with van der Waals surface area (Å²) in [6.07, 6.45) is 2.50. The number of nitrogens with zero attached hydrogens (tertiary/aromatic N) is 1. The van der Waals surface area contributed by atoms with Crippen LogP contribution in [0.2, 0.25) is 0 Å². The largest absolute Gasteiger partial charge is 0.329 e. The molecule has 1 fully saturated rings. The van der Waals surface area contributed by atoms with Crippen molar-refractivity contribution >= 4 is 0 Å². The van der Waals surface area contributed by atoms with Gasteiger partial charge in [-0.1, -0.05) is 19.1 Å². The highest BCUT2D eigenvalue weighted by Crippen LogP contribution is 2.24. The Hall–Kier alpha value is -0.930. The SMILES string of the molecule is Cc1cc(CN2CCCC(C)C2CN)ccc1F. The Morgan fingerprint density at radius 2 is 2.22 bits per heavy atom. The van der Waals surface area contributed by atoms with Crippen molar-refractivity contribution in [3.05, 3.63) is 35.1 Å². The molecule has 2 atom stereocenters. The second-order valence-electron chi connectivity index (χ2n) is 5.48. The lowest BCUT2D eigenvalue weighted by Crippen LogP contribution is -2.48. The van der Waals surface area contributed by atoms with Gasteiger partial charge >= 0.3 is 0 Å². The second kappa shape index (κ2) is 5.81. The highest BCUT2D eigenvalue weighted by Gasteiger charge is 2.27. The lowest BCUT2D eigenvalue weighted by atomic mass is 9.90. The maximum Gasteiger partial charge on any atom is 0.126 e. The molecule has 1 aromatic carbocycles. The third-order valence-corrected chi connectivity index (χ3v) is 4.08. The molecular weight excluding hydrogens is 227 g/mol. The molecule has 1 heterocycles. The van der Waals surface area contributed by atoms with E-state index in [9.17, 15) is 4.39 Å². The van der Waals surface area contributed by atoms with Crippen LogP contribution in [0, 0.1) is 18.7 Å². The highest BCUT2D eigenvalue weighted by atomic mass is 19.1. The normalized spacial score (nSPS) is 25.3. The van der Waals surface area contributed by atoms with Crippen molar-refractivity contribution in [1.82, 2.24) is 4.90 Å². The molecule has 2 nitrogen and oxygen atoms in total. The minimum Gasteiger partial charge on any atom is -0.329 e. The summed E-state index contributed by atoms with van der Waals surface area (Å²) in [5.74, 6) is 0.534. The fraction of sp³-hybridized carbons (Fsp3) is 0.600. The van der Waals surface area contributed by atoms with Gasteiger partial charge in [0.25, 0.3) is 0 Å². The fourth-order valence-electron chi connectivity index (χ4n) is 2.95. The molecule has 1 saturated heterocycles. The van der Waals surface area contributed by atoms with Gasteiger partial charge in [0, 0.05) is 19.1 Å². The molecule has 1 aliphatic rings. The van der Waals surface area contributed by atoms with Crippen molar-refractivity contribution in [3.63, 3.8) is 0 Å². The van der Waals surface area contributed by atoms with Crippen LogP contribution in [0.5, 0.6) is 0 Å². The van der Waals surface area contributed by atoms with Crippen molar-refractivity contribution in [2.24, 2.45) is 11.7 Å². The summed E-state index contributed by atoms with van der Waals surface area (Å²) in [5, 5.41) is 0. The summed E-state index contributed by atoms with van der Waals surface area (Å²) < 4.78 is 13.2. The van der Waals surface area contributed by atoms with Gasteiger partial charge in [0.15, 0.2) is 0 Å². The van der Waals surface area contributed by atoms with Gasteiger partial charge in [0.2, 0.25) is 0 Å². The van der Waals surface area contributed by atoms with Crippen LogP contribution in [0.1, 0.15) is 30.9 Å². The first-order valence-corrected chi connectivity index (χ1v) is 6.81. The molecule has 0 bridgehead atoms. The Morgan fingerprint density at radius 3 is 2.89 bits per heavy atom. The van der Waals surface area contributed by atoms with Crippen LogP contribution in [-0.4, -0.2) is 24.0 Å². The number of hydrogen-bond acceptors (Lipinski definition) is 2. The first-order chi connectivity index (χ1) is 8.61. The molecule has 100 valence electrons. The molecule has 2 N–H and O–H groups in total. The third-order valence-electron chi connectivity index (χ3n) is 4.08. The van der Waals surface area contributed by atoms with Crippen LogP contribution in [0.25, 0.3) is 0 Å². The smallest absolute Gasteiger partial charge is 0.126 e. The van der Waals surface area contributed by atoms with E-state index in [1.807, 2.05) is 19.1 Å². The monoisotopic (exact) mass is 250 g/mol. The summed E-state index contributed by atoms with van der Waals surface area (Å²) in [6.45, 7) is 6.79. The first-order valence-electron chi connectivity index (χ1n) is 6.81. The Morgan fingerprint density at radius 1 is 1.44 bits per heavy atom. The summed E-state index contributed by atoms with van der Waals surface area (Å²) >= 11 is 0. The molecule has 18 heavy (non-hydrogen) atoms. The van der Waals surface area contributed by atoms with E-state index in [2.05, 4.69) is 11.8 Å². The van der Waals surface area contributed by atoms with Gasteiger partial charge in [-0.25, -0.2) is 4.39 Å². The number of rotatable bonds is 3. The molecule has 2 unspecified atom stereocenters. The van der Waals surface area contributed by atoms with Crippen LogP contribution in [-0.2, 0) is 6.54 Å². The van der Waals surface area contributed by atoms with Gasteiger partial charge in [-0.15, -0.1) is 0 Å². The zero-order chi connectivity index (χ0) is 13.1. The van der Waals surface area contributed by atoms with Crippen molar-refractivity contribution in [2.45, 2.75) is 39.3 Å². The molecule has 0 saturated carbocycles. The molecule has 2 rings (SSSR count). The number of hydrogen-bond donors (Lipinski definition) is 1. The van der Waals surface area contributed by atoms with Gasteiger partial charge < -0.3 is 5.73 Å². The van der Waals surface area contributed by atoms with Gasteiger partial charge in [0.05, 0.1) is 0 Å². The van der Waals surface area contributed by atoms with Gasteiger partial charge in [0.1, 0.15) is 5.82 Å². The number of halogens is 1. The van der Waals surface area contributed by atoms with E-state index in [-0.39, 0.29) is 5.82 Å². The molecule has 3 heteroatoms. The van der Waals surface area contributed by atoms with Crippen molar-refractivity contribution in [1.29, 1.82) is 0 Å². The summed E-state index contributed by atoms with van der Waals surface area (Å²) in [7, 11) is 0. The molecule has 0 radical (unpaired) electrons. The zero-order valence-corrected chi connectivity index (χ0v) is 11.3. The topological polar surface area (TPSA) is 29.3 Å². The highest BCUT2D eigenvalue weighted by molar-refractivity contribution is 5.24. The van der Waals surface area contributed by atoms with Crippen LogP contribution in [0.3, 0.4) is 0 Å². The lowest BCUT2D eigenvalue weighted by molar-refractivity contribution is 0.0990. The predicted molar refractivity (Wildman–Crippen MR) is 72.8 cm³/mol. The minimum atomic E-state index is -0.124. The number of aryl methyl sites for hydroxylation is 1. The van der Waals surface area contributed by atoms with Crippen molar-refractivity contribution in [3.8, 4) is 0 Å². The van der Waals surface area contributed by atoms with Crippen LogP contribution in [0.15, 0.2) is 18.2 Å². The van der Waals surface area contributed by atoms with E-state index in [0.717, 1.165) is 18.7 Å². The van der Waals surface area contributed by atoms with E-state index in [0.29, 0.717) is 18.5 Å². The van der Waals surface area contributed by atoms with Gasteiger partial charge in [-0.2, -0.15) is 0 Å². The number of piperidine rings is 1. The Labute approximate surface area is 109 Å². The van der Waals surface area contributed by atoms with Crippen molar-refractivity contribution < 1.29 is 4.39 Å². The molecule has 1 aromatic rings. The van der Waals surface area contributed by atoms with E-state index in [1.165, 1.54) is 18.4 Å². The van der Waals surface area contributed by atoms with Gasteiger partial charge in [-0.3, -0.25) is 4.90 Å². The standard InChI is InChI=1S/C15H23FN2/c1-11-4-3-7-18(15(11)9-17)10-13-5-6-14(16)12(2)8-13/h5-6,8,11,15H,3-4,7,9-10,17H2,1-2H3. The Kier molecular flexibility index (Phi) is 4.36. The maximum atomic E-state index is 13.2.